The summed E-state index contributed by atoms with van der Waals surface area (Å²) in [6.07, 6.45) is 1.70. The summed E-state index contributed by atoms with van der Waals surface area (Å²) in [4.78, 5) is 21.7. The highest BCUT2D eigenvalue weighted by Gasteiger charge is 2.13. The van der Waals surface area contributed by atoms with Crippen LogP contribution in [-0.4, -0.2) is 14.5 Å². The SMILES string of the molecule is Cn1c(=O)c(-c2ccccc2Cl)cc2cnc(Nc3ccccc3)nc21. The summed E-state index contributed by atoms with van der Waals surface area (Å²) in [7, 11) is 1.70. The van der Waals surface area contributed by atoms with Crippen LogP contribution in [0.5, 0.6) is 0 Å². The Morgan fingerprint density at radius 3 is 2.50 bits per heavy atom. The number of nitrogens with zero attached hydrogens (tertiary/aromatic N) is 3. The third-order valence-corrected chi connectivity index (χ3v) is 4.47. The van der Waals surface area contributed by atoms with Crippen LogP contribution in [0.4, 0.5) is 11.6 Å². The first-order valence-electron chi connectivity index (χ1n) is 8.07. The lowest BCUT2D eigenvalue weighted by Gasteiger charge is -2.11. The van der Waals surface area contributed by atoms with Crippen molar-refractivity contribution in [3.05, 3.63) is 82.2 Å². The highest BCUT2D eigenvalue weighted by atomic mass is 35.5. The number of aromatic nitrogens is 3. The van der Waals surface area contributed by atoms with Gasteiger partial charge in [0.25, 0.3) is 5.56 Å². The first-order chi connectivity index (χ1) is 12.6. The fraction of sp³-hybridized carbons (Fsp3) is 0.0500. The van der Waals surface area contributed by atoms with Crippen LogP contribution in [-0.2, 0) is 7.05 Å². The minimum Gasteiger partial charge on any atom is -0.324 e. The summed E-state index contributed by atoms with van der Waals surface area (Å²) in [5.74, 6) is 0.434. The quantitative estimate of drug-likeness (QED) is 0.587. The van der Waals surface area contributed by atoms with Crippen LogP contribution in [0, 0.1) is 0 Å². The highest BCUT2D eigenvalue weighted by Crippen LogP contribution is 2.27. The van der Waals surface area contributed by atoms with Crippen LogP contribution < -0.4 is 10.9 Å². The molecule has 4 rings (SSSR count). The molecule has 0 spiro atoms. The lowest BCUT2D eigenvalue weighted by molar-refractivity contribution is 0.887. The van der Waals surface area contributed by atoms with Crippen molar-refractivity contribution in [3.8, 4) is 11.1 Å². The predicted octanol–water partition coefficient (Wildman–Crippen LogP) is 4.39. The summed E-state index contributed by atoms with van der Waals surface area (Å²) < 4.78 is 1.52. The van der Waals surface area contributed by atoms with Crippen molar-refractivity contribution in [1.82, 2.24) is 14.5 Å². The van der Waals surface area contributed by atoms with Crippen LogP contribution in [0.2, 0.25) is 5.02 Å². The molecule has 2 heterocycles. The molecule has 0 fully saturated rings. The number of rotatable bonds is 3. The maximum Gasteiger partial charge on any atom is 0.259 e. The Bertz CT molecular complexity index is 1160. The largest absolute Gasteiger partial charge is 0.324 e. The van der Waals surface area contributed by atoms with E-state index in [4.69, 9.17) is 11.6 Å². The monoisotopic (exact) mass is 362 g/mol. The predicted molar refractivity (Wildman–Crippen MR) is 105 cm³/mol. The van der Waals surface area contributed by atoms with Gasteiger partial charge >= 0.3 is 0 Å². The van der Waals surface area contributed by atoms with Gasteiger partial charge in [-0.15, -0.1) is 0 Å². The lowest BCUT2D eigenvalue weighted by atomic mass is 10.1. The summed E-state index contributed by atoms with van der Waals surface area (Å²) in [6.45, 7) is 0. The Labute approximate surface area is 154 Å². The molecule has 0 saturated carbocycles. The van der Waals surface area contributed by atoms with Gasteiger partial charge in [-0.25, -0.2) is 4.98 Å². The molecule has 0 aliphatic heterocycles. The number of nitrogens with one attached hydrogen (secondary N) is 1. The molecule has 0 bridgehead atoms. The molecule has 2 aromatic heterocycles. The van der Waals surface area contributed by atoms with Crippen molar-refractivity contribution in [3.63, 3.8) is 0 Å². The normalized spacial score (nSPS) is 10.8. The van der Waals surface area contributed by atoms with E-state index in [2.05, 4.69) is 15.3 Å². The maximum absolute atomic E-state index is 12.8. The molecular weight excluding hydrogens is 348 g/mol. The van der Waals surface area contributed by atoms with Gasteiger partial charge in [0.05, 0.1) is 0 Å². The molecule has 26 heavy (non-hydrogen) atoms. The molecule has 0 radical (unpaired) electrons. The van der Waals surface area contributed by atoms with E-state index < -0.39 is 0 Å². The third-order valence-electron chi connectivity index (χ3n) is 4.14. The molecule has 0 unspecified atom stereocenters. The van der Waals surface area contributed by atoms with E-state index in [1.807, 2.05) is 48.5 Å². The summed E-state index contributed by atoms with van der Waals surface area (Å²) in [5, 5.41) is 4.44. The molecule has 0 amide bonds. The molecule has 4 aromatic rings. The Morgan fingerprint density at radius 1 is 1.00 bits per heavy atom. The van der Waals surface area contributed by atoms with Gasteiger partial charge in [0.15, 0.2) is 0 Å². The van der Waals surface area contributed by atoms with Crippen LogP contribution in [0.3, 0.4) is 0 Å². The van der Waals surface area contributed by atoms with Crippen LogP contribution in [0.25, 0.3) is 22.2 Å². The van der Waals surface area contributed by atoms with Gasteiger partial charge in [0, 0.05) is 40.5 Å². The molecule has 1 N–H and O–H groups in total. The van der Waals surface area contributed by atoms with E-state index in [1.165, 1.54) is 4.57 Å². The summed E-state index contributed by atoms with van der Waals surface area (Å²) in [5.41, 5.74) is 2.50. The zero-order valence-corrected chi connectivity index (χ0v) is 14.7. The molecule has 0 aliphatic rings. The molecule has 128 valence electrons. The van der Waals surface area contributed by atoms with Gasteiger partial charge in [0.2, 0.25) is 5.95 Å². The van der Waals surface area contributed by atoms with Gasteiger partial charge in [-0.05, 0) is 24.3 Å². The zero-order chi connectivity index (χ0) is 18.1. The zero-order valence-electron chi connectivity index (χ0n) is 14.0. The number of hydrogen-bond donors (Lipinski definition) is 1. The standard InChI is InChI=1S/C20H15ClN4O/c1-25-18-13(11-16(19(25)26)15-9-5-6-10-17(15)21)12-22-20(24-18)23-14-7-3-2-4-8-14/h2-12H,1H3,(H,22,23,24). The second-order valence-corrected chi connectivity index (χ2v) is 6.27. The van der Waals surface area contributed by atoms with Crippen LogP contribution >= 0.6 is 11.6 Å². The molecule has 0 atom stereocenters. The molecular formula is C20H15ClN4O. The van der Waals surface area contributed by atoms with E-state index in [0.717, 1.165) is 11.1 Å². The van der Waals surface area contributed by atoms with Gasteiger partial charge in [-0.2, -0.15) is 4.98 Å². The van der Waals surface area contributed by atoms with E-state index in [9.17, 15) is 4.79 Å². The van der Waals surface area contributed by atoms with Crippen molar-refractivity contribution in [1.29, 1.82) is 0 Å². The fourth-order valence-electron chi connectivity index (χ4n) is 2.83. The Morgan fingerprint density at radius 2 is 1.73 bits per heavy atom. The van der Waals surface area contributed by atoms with E-state index >= 15 is 0 Å². The number of aryl methyl sites for hydroxylation is 1. The smallest absolute Gasteiger partial charge is 0.259 e. The minimum absolute atomic E-state index is 0.157. The number of benzene rings is 2. The molecule has 0 aliphatic carbocycles. The Balaban J connectivity index is 1.83. The Kier molecular flexibility index (Phi) is 4.14. The summed E-state index contributed by atoms with van der Waals surface area (Å²) >= 11 is 6.26. The average Bonchev–Trinajstić information content (AvgIpc) is 2.66. The van der Waals surface area contributed by atoms with Gasteiger partial charge in [-0.3, -0.25) is 9.36 Å². The van der Waals surface area contributed by atoms with Crippen LogP contribution in [0.15, 0.2) is 71.7 Å². The molecule has 0 saturated heterocycles. The van der Waals surface area contributed by atoms with Crippen molar-refractivity contribution >= 4 is 34.3 Å². The number of para-hydroxylation sites is 1. The van der Waals surface area contributed by atoms with Crippen molar-refractivity contribution in [2.75, 3.05) is 5.32 Å². The first kappa shape index (κ1) is 16.3. The van der Waals surface area contributed by atoms with E-state index in [0.29, 0.717) is 27.7 Å². The average molecular weight is 363 g/mol. The second-order valence-electron chi connectivity index (χ2n) is 5.87. The minimum atomic E-state index is -0.157. The highest BCUT2D eigenvalue weighted by molar-refractivity contribution is 6.33. The molecule has 2 aromatic carbocycles. The molecule has 6 heteroatoms. The number of halogens is 1. The Hall–Kier alpha value is -3.18. The number of hydrogen-bond acceptors (Lipinski definition) is 4. The lowest BCUT2D eigenvalue weighted by Crippen LogP contribution is -2.20. The van der Waals surface area contributed by atoms with Crippen LogP contribution in [0.1, 0.15) is 0 Å². The van der Waals surface area contributed by atoms with Gasteiger partial charge < -0.3 is 5.32 Å². The number of fused-ring (bicyclic) bond motifs is 1. The van der Waals surface area contributed by atoms with E-state index in [-0.39, 0.29) is 5.56 Å². The fourth-order valence-corrected chi connectivity index (χ4v) is 3.07. The first-order valence-corrected chi connectivity index (χ1v) is 8.45. The maximum atomic E-state index is 12.8. The van der Waals surface area contributed by atoms with Gasteiger partial charge in [0.1, 0.15) is 5.65 Å². The number of anilines is 2. The van der Waals surface area contributed by atoms with E-state index in [1.54, 1.807) is 25.4 Å². The summed E-state index contributed by atoms with van der Waals surface area (Å²) in [6, 6.07) is 18.7. The van der Waals surface area contributed by atoms with Crippen molar-refractivity contribution < 1.29 is 0 Å². The van der Waals surface area contributed by atoms with Gasteiger partial charge in [-0.1, -0.05) is 48.0 Å². The van der Waals surface area contributed by atoms with Crippen molar-refractivity contribution in [2.24, 2.45) is 7.05 Å². The molecule has 5 nitrogen and oxygen atoms in total. The number of pyridine rings is 1. The third kappa shape index (κ3) is 2.93. The topological polar surface area (TPSA) is 59.8 Å². The van der Waals surface area contributed by atoms with Crippen molar-refractivity contribution in [2.45, 2.75) is 0 Å². The second kappa shape index (κ2) is 6.61.